The monoisotopic (exact) mass is 257 g/mol. The standard InChI is InChI=1S/C16H19NO2/c1-4-13-9-16(18)17(10-13)11-14-6-5-7-15(8-14)19-12(2)3/h1,5-8,12-13H,9-11H2,2-3H3. The molecule has 2 rings (SSSR count). The van der Waals surface area contributed by atoms with Crippen molar-refractivity contribution in [3.8, 4) is 18.1 Å². The summed E-state index contributed by atoms with van der Waals surface area (Å²) in [5, 5.41) is 0. The van der Waals surface area contributed by atoms with E-state index in [1.807, 2.05) is 43.0 Å². The van der Waals surface area contributed by atoms with Gasteiger partial charge in [0.1, 0.15) is 5.75 Å². The number of rotatable bonds is 4. The first-order valence-corrected chi connectivity index (χ1v) is 6.58. The Hall–Kier alpha value is -1.95. The van der Waals surface area contributed by atoms with Crippen molar-refractivity contribution >= 4 is 5.91 Å². The first-order chi connectivity index (χ1) is 9.08. The molecule has 1 heterocycles. The molecule has 1 aromatic rings. The number of carbonyl (C=O) groups is 1. The molecule has 0 radical (unpaired) electrons. The fraction of sp³-hybridized carbons (Fsp3) is 0.438. The quantitative estimate of drug-likeness (QED) is 0.775. The number of ether oxygens (including phenoxy) is 1. The Labute approximate surface area is 114 Å². The van der Waals surface area contributed by atoms with Gasteiger partial charge in [0.15, 0.2) is 0 Å². The number of likely N-dealkylation sites (tertiary alicyclic amines) is 1. The van der Waals surface area contributed by atoms with E-state index in [9.17, 15) is 4.79 Å². The van der Waals surface area contributed by atoms with Gasteiger partial charge < -0.3 is 9.64 Å². The van der Waals surface area contributed by atoms with E-state index in [1.54, 1.807) is 0 Å². The second kappa shape index (κ2) is 5.79. The Bertz CT molecular complexity index is 502. The van der Waals surface area contributed by atoms with Crippen molar-refractivity contribution in [1.29, 1.82) is 0 Å². The first-order valence-electron chi connectivity index (χ1n) is 6.58. The fourth-order valence-corrected chi connectivity index (χ4v) is 2.25. The lowest BCUT2D eigenvalue weighted by molar-refractivity contribution is -0.128. The molecular formula is C16H19NO2. The molecule has 100 valence electrons. The summed E-state index contributed by atoms with van der Waals surface area (Å²) in [6, 6.07) is 7.87. The van der Waals surface area contributed by atoms with Gasteiger partial charge in [0, 0.05) is 25.4 Å². The van der Waals surface area contributed by atoms with Crippen LogP contribution in [0, 0.1) is 18.3 Å². The van der Waals surface area contributed by atoms with Crippen LogP contribution in [0.1, 0.15) is 25.8 Å². The van der Waals surface area contributed by atoms with Crippen LogP contribution in [0.25, 0.3) is 0 Å². The predicted octanol–water partition coefficient (Wildman–Crippen LogP) is 2.46. The van der Waals surface area contributed by atoms with Crippen molar-refractivity contribution in [2.24, 2.45) is 5.92 Å². The largest absolute Gasteiger partial charge is 0.491 e. The Balaban J connectivity index is 2.03. The molecule has 1 unspecified atom stereocenters. The smallest absolute Gasteiger partial charge is 0.224 e. The first kappa shape index (κ1) is 13.5. The van der Waals surface area contributed by atoms with Gasteiger partial charge in [-0.1, -0.05) is 12.1 Å². The van der Waals surface area contributed by atoms with Crippen LogP contribution in [-0.4, -0.2) is 23.5 Å². The minimum absolute atomic E-state index is 0.0580. The van der Waals surface area contributed by atoms with Crippen molar-refractivity contribution in [3.05, 3.63) is 29.8 Å². The molecule has 1 aliphatic heterocycles. The molecule has 0 aromatic heterocycles. The van der Waals surface area contributed by atoms with Crippen LogP contribution in [-0.2, 0) is 11.3 Å². The second-order valence-electron chi connectivity index (χ2n) is 5.16. The van der Waals surface area contributed by atoms with E-state index in [2.05, 4.69) is 5.92 Å². The normalized spacial score (nSPS) is 18.7. The number of amides is 1. The van der Waals surface area contributed by atoms with E-state index in [0.717, 1.165) is 11.3 Å². The predicted molar refractivity (Wildman–Crippen MR) is 74.6 cm³/mol. The summed E-state index contributed by atoms with van der Waals surface area (Å²) in [6.07, 6.45) is 6.00. The van der Waals surface area contributed by atoms with E-state index >= 15 is 0 Å². The Morgan fingerprint density at radius 2 is 2.32 bits per heavy atom. The maximum atomic E-state index is 11.8. The van der Waals surface area contributed by atoms with Crippen LogP contribution < -0.4 is 4.74 Å². The topological polar surface area (TPSA) is 29.5 Å². The van der Waals surface area contributed by atoms with Gasteiger partial charge in [-0.15, -0.1) is 12.3 Å². The molecule has 1 amide bonds. The highest BCUT2D eigenvalue weighted by molar-refractivity contribution is 5.79. The second-order valence-corrected chi connectivity index (χ2v) is 5.16. The minimum Gasteiger partial charge on any atom is -0.491 e. The molecule has 3 heteroatoms. The van der Waals surface area contributed by atoms with Gasteiger partial charge in [0.25, 0.3) is 0 Å². The maximum Gasteiger partial charge on any atom is 0.224 e. The lowest BCUT2D eigenvalue weighted by Crippen LogP contribution is -2.24. The third-order valence-electron chi connectivity index (χ3n) is 3.09. The zero-order valence-electron chi connectivity index (χ0n) is 11.4. The van der Waals surface area contributed by atoms with Gasteiger partial charge in [0.2, 0.25) is 5.91 Å². The van der Waals surface area contributed by atoms with E-state index in [1.165, 1.54) is 0 Å². The van der Waals surface area contributed by atoms with Crippen LogP contribution >= 0.6 is 0 Å². The third kappa shape index (κ3) is 3.51. The average molecular weight is 257 g/mol. The summed E-state index contributed by atoms with van der Waals surface area (Å²) in [6.45, 7) is 5.25. The van der Waals surface area contributed by atoms with Crippen molar-refractivity contribution in [2.75, 3.05) is 6.54 Å². The number of nitrogens with zero attached hydrogens (tertiary/aromatic N) is 1. The molecule has 1 fully saturated rings. The highest BCUT2D eigenvalue weighted by Crippen LogP contribution is 2.21. The van der Waals surface area contributed by atoms with Crippen molar-refractivity contribution in [1.82, 2.24) is 4.90 Å². The highest BCUT2D eigenvalue weighted by atomic mass is 16.5. The zero-order valence-corrected chi connectivity index (χ0v) is 11.4. The summed E-state index contributed by atoms with van der Waals surface area (Å²) in [5.74, 6) is 3.70. The molecule has 0 spiro atoms. The molecule has 0 N–H and O–H groups in total. The Kier molecular flexibility index (Phi) is 4.11. The van der Waals surface area contributed by atoms with Crippen molar-refractivity contribution in [2.45, 2.75) is 32.9 Å². The van der Waals surface area contributed by atoms with E-state index in [4.69, 9.17) is 11.2 Å². The zero-order chi connectivity index (χ0) is 13.8. The molecule has 19 heavy (non-hydrogen) atoms. The summed E-state index contributed by atoms with van der Waals surface area (Å²) in [7, 11) is 0. The maximum absolute atomic E-state index is 11.8. The molecule has 3 nitrogen and oxygen atoms in total. The Morgan fingerprint density at radius 3 is 2.95 bits per heavy atom. The molecule has 1 aromatic carbocycles. The molecule has 0 saturated carbocycles. The number of benzene rings is 1. The van der Waals surface area contributed by atoms with Crippen LogP contribution in [0.4, 0.5) is 0 Å². The van der Waals surface area contributed by atoms with Gasteiger partial charge >= 0.3 is 0 Å². The number of hydrogen-bond donors (Lipinski definition) is 0. The fourth-order valence-electron chi connectivity index (χ4n) is 2.25. The SMILES string of the molecule is C#CC1CC(=O)N(Cc2cccc(OC(C)C)c2)C1. The van der Waals surface area contributed by atoms with Crippen molar-refractivity contribution in [3.63, 3.8) is 0 Å². The van der Waals surface area contributed by atoms with Gasteiger partial charge in [-0.2, -0.15) is 0 Å². The molecule has 1 atom stereocenters. The number of terminal acetylenes is 1. The molecule has 0 aliphatic carbocycles. The van der Waals surface area contributed by atoms with Crippen LogP contribution in [0.2, 0.25) is 0 Å². The molecular weight excluding hydrogens is 238 g/mol. The summed E-state index contributed by atoms with van der Waals surface area (Å²) >= 11 is 0. The van der Waals surface area contributed by atoms with E-state index in [0.29, 0.717) is 19.5 Å². The summed E-state index contributed by atoms with van der Waals surface area (Å²) in [4.78, 5) is 13.6. The number of carbonyl (C=O) groups excluding carboxylic acids is 1. The van der Waals surface area contributed by atoms with E-state index in [-0.39, 0.29) is 17.9 Å². The van der Waals surface area contributed by atoms with Gasteiger partial charge in [0.05, 0.1) is 6.10 Å². The molecule has 1 aliphatic rings. The van der Waals surface area contributed by atoms with Crippen LogP contribution in [0.5, 0.6) is 5.75 Å². The van der Waals surface area contributed by atoms with Gasteiger partial charge in [-0.3, -0.25) is 4.79 Å². The Morgan fingerprint density at radius 1 is 1.53 bits per heavy atom. The number of hydrogen-bond acceptors (Lipinski definition) is 2. The summed E-state index contributed by atoms with van der Waals surface area (Å²) < 4.78 is 5.65. The van der Waals surface area contributed by atoms with Crippen molar-refractivity contribution < 1.29 is 9.53 Å². The lowest BCUT2D eigenvalue weighted by atomic mass is 10.1. The third-order valence-corrected chi connectivity index (χ3v) is 3.09. The summed E-state index contributed by atoms with van der Waals surface area (Å²) in [5.41, 5.74) is 1.07. The minimum atomic E-state index is 0.0580. The van der Waals surface area contributed by atoms with Gasteiger partial charge in [-0.05, 0) is 31.5 Å². The highest BCUT2D eigenvalue weighted by Gasteiger charge is 2.27. The van der Waals surface area contributed by atoms with Gasteiger partial charge in [-0.25, -0.2) is 0 Å². The molecule has 0 bridgehead atoms. The molecule has 1 saturated heterocycles. The van der Waals surface area contributed by atoms with Crippen LogP contribution in [0.3, 0.4) is 0 Å². The average Bonchev–Trinajstić information content (AvgIpc) is 2.70. The van der Waals surface area contributed by atoms with Crippen LogP contribution in [0.15, 0.2) is 24.3 Å². The lowest BCUT2D eigenvalue weighted by Gasteiger charge is -2.17. The van der Waals surface area contributed by atoms with E-state index < -0.39 is 0 Å².